The van der Waals surface area contributed by atoms with E-state index in [9.17, 15) is 0 Å². The van der Waals surface area contributed by atoms with E-state index in [2.05, 4.69) is 44.9 Å². The van der Waals surface area contributed by atoms with Gasteiger partial charge < -0.3 is 9.88 Å². The summed E-state index contributed by atoms with van der Waals surface area (Å²) in [6.07, 6.45) is 0. The Morgan fingerprint density at radius 3 is 2.70 bits per heavy atom. The van der Waals surface area contributed by atoms with Crippen molar-refractivity contribution in [3.63, 3.8) is 0 Å². The standard InChI is InChI=1S/C11H20N8S/c1-8(2)12-5-6-19-11(15-16-17-19)20-7-10-14-13-9(3)18(10)4/h8,12H,5-7H2,1-4H3. The van der Waals surface area contributed by atoms with Gasteiger partial charge >= 0.3 is 0 Å². The van der Waals surface area contributed by atoms with Crippen molar-refractivity contribution < 1.29 is 0 Å². The summed E-state index contributed by atoms with van der Waals surface area (Å²) in [5.41, 5.74) is 0. The highest BCUT2D eigenvalue weighted by Gasteiger charge is 2.10. The van der Waals surface area contributed by atoms with Crippen molar-refractivity contribution in [3.8, 4) is 0 Å². The Morgan fingerprint density at radius 1 is 1.25 bits per heavy atom. The fourth-order valence-corrected chi connectivity index (χ4v) is 2.49. The molecule has 0 bridgehead atoms. The summed E-state index contributed by atoms with van der Waals surface area (Å²) < 4.78 is 3.78. The van der Waals surface area contributed by atoms with Crippen LogP contribution in [0.4, 0.5) is 0 Å². The largest absolute Gasteiger partial charge is 0.318 e. The lowest BCUT2D eigenvalue weighted by molar-refractivity contribution is 0.485. The highest BCUT2D eigenvalue weighted by atomic mass is 32.2. The molecule has 0 spiro atoms. The number of thioether (sulfide) groups is 1. The molecular formula is C11H20N8S. The van der Waals surface area contributed by atoms with Gasteiger partial charge in [-0.1, -0.05) is 25.6 Å². The van der Waals surface area contributed by atoms with Crippen molar-refractivity contribution in [2.24, 2.45) is 7.05 Å². The quantitative estimate of drug-likeness (QED) is 0.740. The van der Waals surface area contributed by atoms with Crippen molar-refractivity contribution >= 4 is 11.8 Å². The molecule has 20 heavy (non-hydrogen) atoms. The van der Waals surface area contributed by atoms with Crippen molar-refractivity contribution in [1.29, 1.82) is 0 Å². The first-order valence-corrected chi connectivity index (χ1v) is 7.53. The van der Waals surface area contributed by atoms with Crippen LogP contribution in [0, 0.1) is 6.92 Å². The Balaban J connectivity index is 1.90. The molecular weight excluding hydrogens is 276 g/mol. The molecule has 9 heteroatoms. The van der Waals surface area contributed by atoms with Gasteiger partial charge in [0, 0.05) is 19.6 Å². The minimum Gasteiger partial charge on any atom is -0.318 e. The maximum absolute atomic E-state index is 4.13. The SMILES string of the molecule is Cc1nnc(CSc2nnnn2CCNC(C)C)n1C. The zero-order valence-corrected chi connectivity index (χ0v) is 13.1. The van der Waals surface area contributed by atoms with E-state index in [1.165, 1.54) is 0 Å². The van der Waals surface area contributed by atoms with Crippen LogP contribution in [-0.4, -0.2) is 47.6 Å². The van der Waals surface area contributed by atoms with Crippen LogP contribution in [0.3, 0.4) is 0 Å². The van der Waals surface area contributed by atoms with Gasteiger partial charge in [0.2, 0.25) is 5.16 Å². The molecule has 0 fully saturated rings. The van der Waals surface area contributed by atoms with Crippen molar-refractivity contribution in [2.45, 2.75) is 44.3 Å². The Labute approximate surface area is 122 Å². The molecule has 0 aliphatic heterocycles. The summed E-state index contributed by atoms with van der Waals surface area (Å²) >= 11 is 1.57. The number of hydrogen-bond acceptors (Lipinski definition) is 7. The topological polar surface area (TPSA) is 86.3 Å². The van der Waals surface area contributed by atoms with Crippen LogP contribution in [0.25, 0.3) is 0 Å². The summed E-state index contributed by atoms with van der Waals surface area (Å²) in [5, 5.41) is 24.1. The van der Waals surface area contributed by atoms with Crippen molar-refractivity contribution in [3.05, 3.63) is 11.6 Å². The summed E-state index contributed by atoms with van der Waals surface area (Å²) in [4.78, 5) is 0. The van der Waals surface area contributed by atoms with Gasteiger partial charge in [0.25, 0.3) is 0 Å². The lowest BCUT2D eigenvalue weighted by Crippen LogP contribution is -2.27. The Hall–Kier alpha value is -1.48. The Kier molecular flexibility index (Phi) is 5.07. The first-order chi connectivity index (χ1) is 9.58. The average Bonchev–Trinajstić information content (AvgIpc) is 2.96. The third-order valence-corrected chi connectivity index (χ3v) is 3.84. The number of aryl methyl sites for hydroxylation is 1. The lowest BCUT2D eigenvalue weighted by Gasteiger charge is -2.08. The van der Waals surface area contributed by atoms with E-state index in [0.717, 1.165) is 29.9 Å². The van der Waals surface area contributed by atoms with Crippen LogP contribution in [0.2, 0.25) is 0 Å². The lowest BCUT2D eigenvalue weighted by atomic mass is 10.4. The van der Waals surface area contributed by atoms with Crippen LogP contribution in [0.15, 0.2) is 5.16 Å². The average molecular weight is 296 g/mol. The van der Waals surface area contributed by atoms with E-state index in [1.807, 2.05) is 23.2 Å². The molecule has 0 radical (unpaired) electrons. The first-order valence-electron chi connectivity index (χ1n) is 6.55. The van der Waals surface area contributed by atoms with Crippen LogP contribution >= 0.6 is 11.8 Å². The maximum Gasteiger partial charge on any atom is 0.209 e. The summed E-state index contributed by atoms with van der Waals surface area (Å²) in [5.74, 6) is 2.53. The number of nitrogens with one attached hydrogen (secondary N) is 1. The fourth-order valence-electron chi connectivity index (χ4n) is 1.61. The predicted octanol–water partition coefficient (Wildman–Crippen LogP) is 0.400. The second-order valence-electron chi connectivity index (χ2n) is 4.80. The molecule has 0 aliphatic rings. The second kappa shape index (κ2) is 6.80. The molecule has 2 aromatic rings. The van der Waals surface area contributed by atoms with Crippen molar-refractivity contribution in [1.82, 2.24) is 40.3 Å². The number of aromatic nitrogens is 7. The van der Waals surface area contributed by atoms with Gasteiger partial charge in [0.1, 0.15) is 11.6 Å². The molecule has 1 N–H and O–H groups in total. The Bertz CT molecular complexity index is 546. The molecule has 0 aliphatic carbocycles. The van der Waals surface area contributed by atoms with E-state index < -0.39 is 0 Å². The van der Waals surface area contributed by atoms with E-state index in [1.54, 1.807) is 11.8 Å². The van der Waals surface area contributed by atoms with E-state index >= 15 is 0 Å². The van der Waals surface area contributed by atoms with Gasteiger partial charge in [-0.25, -0.2) is 4.68 Å². The molecule has 0 atom stereocenters. The second-order valence-corrected chi connectivity index (χ2v) is 5.75. The van der Waals surface area contributed by atoms with E-state index in [0.29, 0.717) is 11.8 Å². The number of hydrogen-bond donors (Lipinski definition) is 1. The molecule has 8 nitrogen and oxygen atoms in total. The molecule has 0 unspecified atom stereocenters. The monoisotopic (exact) mass is 296 g/mol. The van der Waals surface area contributed by atoms with Gasteiger partial charge in [0.15, 0.2) is 0 Å². The molecule has 2 rings (SSSR count). The van der Waals surface area contributed by atoms with Crippen LogP contribution in [0.5, 0.6) is 0 Å². The molecule has 110 valence electrons. The van der Waals surface area contributed by atoms with Gasteiger partial charge in [-0.2, -0.15) is 0 Å². The van der Waals surface area contributed by atoms with Gasteiger partial charge in [0.05, 0.1) is 12.3 Å². The predicted molar refractivity (Wildman–Crippen MR) is 76.3 cm³/mol. The minimum absolute atomic E-state index is 0.462. The normalized spacial score (nSPS) is 11.4. The zero-order chi connectivity index (χ0) is 14.5. The highest BCUT2D eigenvalue weighted by molar-refractivity contribution is 7.98. The molecule has 0 aromatic carbocycles. The number of rotatable bonds is 7. The molecule has 2 heterocycles. The van der Waals surface area contributed by atoms with Gasteiger partial charge in [-0.05, 0) is 17.4 Å². The summed E-state index contributed by atoms with van der Waals surface area (Å²) in [6, 6.07) is 0.462. The maximum atomic E-state index is 4.13. The summed E-state index contributed by atoms with van der Waals surface area (Å²) in [6.45, 7) is 7.77. The molecule has 2 aromatic heterocycles. The van der Waals surface area contributed by atoms with Gasteiger partial charge in [-0.3, -0.25) is 0 Å². The fraction of sp³-hybridized carbons (Fsp3) is 0.727. The highest BCUT2D eigenvalue weighted by Crippen LogP contribution is 2.18. The molecule has 0 amide bonds. The number of nitrogens with zero attached hydrogens (tertiary/aromatic N) is 7. The van der Waals surface area contributed by atoms with E-state index in [-0.39, 0.29) is 0 Å². The Morgan fingerprint density at radius 2 is 2.05 bits per heavy atom. The number of tetrazole rings is 1. The van der Waals surface area contributed by atoms with Crippen molar-refractivity contribution in [2.75, 3.05) is 6.54 Å². The summed E-state index contributed by atoms with van der Waals surface area (Å²) in [7, 11) is 1.96. The van der Waals surface area contributed by atoms with Crippen LogP contribution in [-0.2, 0) is 19.3 Å². The van der Waals surface area contributed by atoms with Gasteiger partial charge in [-0.15, -0.1) is 15.3 Å². The van der Waals surface area contributed by atoms with E-state index in [4.69, 9.17) is 0 Å². The van der Waals surface area contributed by atoms with Crippen LogP contribution < -0.4 is 5.32 Å². The molecule has 0 saturated heterocycles. The third-order valence-electron chi connectivity index (χ3n) is 2.89. The third kappa shape index (κ3) is 3.76. The first kappa shape index (κ1) is 14.9. The zero-order valence-electron chi connectivity index (χ0n) is 12.2. The van der Waals surface area contributed by atoms with Crippen LogP contribution in [0.1, 0.15) is 25.5 Å². The minimum atomic E-state index is 0.462. The molecule has 0 saturated carbocycles. The smallest absolute Gasteiger partial charge is 0.209 e.